The van der Waals surface area contributed by atoms with Crippen LogP contribution < -0.4 is 0 Å². The summed E-state index contributed by atoms with van der Waals surface area (Å²) in [4.78, 5) is 2.00. The first-order valence-electron chi connectivity index (χ1n) is 8.93. The molecule has 0 amide bonds. The van der Waals surface area contributed by atoms with E-state index >= 15 is 0 Å². The van der Waals surface area contributed by atoms with Crippen LogP contribution in [0.2, 0.25) is 0 Å². The smallest absolute Gasteiger partial charge is 0.0140 e. The highest BCUT2D eigenvalue weighted by Crippen LogP contribution is 2.02. The molecule has 0 spiro atoms. The number of allylic oxidation sites excluding steroid dienone is 3. The monoisotopic (exact) mass is 297 g/mol. The molecule has 0 aliphatic rings. The first-order valence-corrected chi connectivity index (χ1v) is 8.93. The Labute approximate surface area is 136 Å². The fourth-order valence-electron chi connectivity index (χ4n) is 1.51. The van der Waals surface area contributed by atoms with Crippen LogP contribution in [-0.2, 0) is 0 Å². The van der Waals surface area contributed by atoms with Crippen molar-refractivity contribution in [2.45, 2.75) is 85.0 Å². The predicted molar refractivity (Wildman–Crippen MR) is 102 cm³/mol. The van der Waals surface area contributed by atoms with Crippen LogP contribution in [0.25, 0.3) is 0 Å². The van der Waals surface area contributed by atoms with Gasteiger partial charge >= 0.3 is 0 Å². The molecule has 0 rings (SSSR count). The lowest BCUT2D eigenvalue weighted by Gasteiger charge is -1.92. The standard InChI is InChI=1S/C10H20.C7H14.C3H9N/c1-3-5-7-9-10-8-6-4-2;1-3-5-7-6-4-2;1-4(2)3/h5,7H,3-4,6,8-10H2,1-2H3;3H,1,4-7H2,2H3;1-3H3. The van der Waals surface area contributed by atoms with Crippen molar-refractivity contribution in [3.8, 4) is 0 Å². The molecular weight excluding hydrogens is 254 g/mol. The normalized spacial score (nSPS) is 9.86. The number of hydrogen-bond acceptors (Lipinski definition) is 1. The molecule has 0 unspecified atom stereocenters. The molecule has 0 aliphatic heterocycles. The highest BCUT2D eigenvalue weighted by atomic mass is 15.0. The van der Waals surface area contributed by atoms with Gasteiger partial charge in [0.15, 0.2) is 0 Å². The van der Waals surface area contributed by atoms with E-state index in [0.717, 1.165) is 0 Å². The Morgan fingerprint density at radius 1 is 0.714 bits per heavy atom. The third-order valence-electron chi connectivity index (χ3n) is 2.64. The van der Waals surface area contributed by atoms with Crippen molar-refractivity contribution in [2.75, 3.05) is 21.1 Å². The molecule has 0 atom stereocenters. The van der Waals surface area contributed by atoms with Crippen LogP contribution in [0, 0.1) is 0 Å². The van der Waals surface area contributed by atoms with Gasteiger partial charge in [-0.05, 0) is 53.2 Å². The zero-order valence-corrected chi connectivity index (χ0v) is 16.0. The summed E-state index contributed by atoms with van der Waals surface area (Å²) in [6.07, 6.45) is 19.7. The van der Waals surface area contributed by atoms with E-state index in [1.165, 1.54) is 64.2 Å². The predicted octanol–water partition coefficient (Wildman–Crippen LogP) is 6.85. The molecule has 0 fully saturated rings. The zero-order valence-electron chi connectivity index (χ0n) is 16.0. The van der Waals surface area contributed by atoms with Crippen molar-refractivity contribution < 1.29 is 0 Å². The molecule has 0 saturated carbocycles. The van der Waals surface area contributed by atoms with Gasteiger partial charge in [-0.15, -0.1) is 6.58 Å². The molecular formula is C20H43N. The van der Waals surface area contributed by atoms with Crippen molar-refractivity contribution in [2.24, 2.45) is 0 Å². The Morgan fingerprint density at radius 2 is 1.19 bits per heavy atom. The lowest BCUT2D eigenvalue weighted by Crippen LogP contribution is -1.99. The fourth-order valence-corrected chi connectivity index (χ4v) is 1.51. The summed E-state index contributed by atoms with van der Waals surface area (Å²) < 4.78 is 0. The SMILES string of the molecule is C=CCCCCC.CCC=CCCCCCC.CN(C)C. The average molecular weight is 298 g/mol. The van der Waals surface area contributed by atoms with E-state index in [-0.39, 0.29) is 0 Å². The molecule has 0 saturated heterocycles. The van der Waals surface area contributed by atoms with Gasteiger partial charge in [0.05, 0.1) is 0 Å². The van der Waals surface area contributed by atoms with E-state index in [9.17, 15) is 0 Å². The Morgan fingerprint density at radius 3 is 1.62 bits per heavy atom. The Balaban J connectivity index is -0.000000256. The van der Waals surface area contributed by atoms with Gasteiger partial charge in [-0.2, -0.15) is 0 Å². The van der Waals surface area contributed by atoms with Crippen molar-refractivity contribution >= 4 is 0 Å². The Kier molecular flexibility index (Phi) is 33.5. The van der Waals surface area contributed by atoms with E-state index in [1.807, 2.05) is 32.1 Å². The van der Waals surface area contributed by atoms with E-state index < -0.39 is 0 Å². The molecule has 128 valence electrons. The summed E-state index contributed by atoms with van der Waals surface area (Å²) in [5.74, 6) is 0. The molecule has 21 heavy (non-hydrogen) atoms. The quantitative estimate of drug-likeness (QED) is 0.315. The first-order chi connectivity index (χ1) is 10.1. The summed E-state index contributed by atoms with van der Waals surface area (Å²) in [5, 5.41) is 0. The van der Waals surface area contributed by atoms with Crippen LogP contribution in [0.4, 0.5) is 0 Å². The number of unbranched alkanes of at least 4 members (excludes halogenated alkanes) is 7. The maximum Gasteiger partial charge on any atom is -0.0140 e. The van der Waals surface area contributed by atoms with Gasteiger partial charge in [-0.3, -0.25) is 0 Å². The molecule has 0 aromatic rings. The second-order valence-electron chi connectivity index (χ2n) is 5.86. The minimum atomic E-state index is 1.19. The van der Waals surface area contributed by atoms with Crippen LogP contribution in [0.1, 0.15) is 85.0 Å². The highest BCUT2D eigenvalue weighted by molar-refractivity contribution is 4.79. The summed E-state index contributed by atoms with van der Waals surface area (Å²) in [6.45, 7) is 10.3. The molecule has 0 N–H and O–H groups in total. The van der Waals surface area contributed by atoms with Gasteiger partial charge in [-0.25, -0.2) is 0 Å². The second-order valence-corrected chi connectivity index (χ2v) is 5.86. The van der Waals surface area contributed by atoms with Crippen LogP contribution in [0.3, 0.4) is 0 Å². The first kappa shape index (κ1) is 25.4. The molecule has 0 aromatic carbocycles. The summed E-state index contributed by atoms with van der Waals surface area (Å²) in [5.41, 5.74) is 0. The maximum atomic E-state index is 3.63. The summed E-state index contributed by atoms with van der Waals surface area (Å²) in [6, 6.07) is 0. The number of rotatable bonds is 10. The maximum absolute atomic E-state index is 3.63. The second kappa shape index (κ2) is 27.7. The third kappa shape index (κ3) is 54.2. The minimum Gasteiger partial charge on any atom is -0.312 e. The van der Waals surface area contributed by atoms with Gasteiger partial charge in [0.25, 0.3) is 0 Å². The zero-order chi connectivity index (χ0) is 16.8. The fraction of sp³-hybridized carbons (Fsp3) is 0.800. The molecule has 0 aromatic heterocycles. The molecule has 0 heterocycles. The van der Waals surface area contributed by atoms with Crippen LogP contribution in [0.5, 0.6) is 0 Å². The van der Waals surface area contributed by atoms with Gasteiger partial charge in [0.1, 0.15) is 0 Å². The highest BCUT2D eigenvalue weighted by Gasteiger charge is 1.82. The van der Waals surface area contributed by atoms with Crippen molar-refractivity contribution in [1.29, 1.82) is 0 Å². The molecule has 1 nitrogen and oxygen atoms in total. The van der Waals surface area contributed by atoms with E-state index in [0.29, 0.717) is 0 Å². The topological polar surface area (TPSA) is 3.24 Å². The minimum absolute atomic E-state index is 1.19. The van der Waals surface area contributed by atoms with Gasteiger partial charge < -0.3 is 4.90 Å². The largest absolute Gasteiger partial charge is 0.312 e. The van der Waals surface area contributed by atoms with Crippen molar-refractivity contribution in [1.82, 2.24) is 4.90 Å². The van der Waals surface area contributed by atoms with Crippen LogP contribution in [-0.4, -0.2) is 26.0 Å². The summed E-state index contributed by atoms with van der Waals surface area (Å²) >= 11 is 0. The van der Waals surface area contributed by atoms with Crippen LogP contribution >= 0.6 is 0 Å². The lowest BCUT2D eigenvalue weighted by molar-refractivity contribution is 0.505. The van der Waals surface area contributed by atoms with Gasteiger partial charge in [-0.1, -0.05) is 71.1 Å². The number of nitrogens with zero attached hydrogens (tertiary/aromatic N) is 1. The third-order valence-corrected chi connectivity index (χ3v) is 2.64. The van der Waals surface area contributed by atoms with Crippen molar-refractivity contribution in [3.05, 3.63) is 24.8 Å². The van der Waals surface area contributed by atoms with Gasteiger partial charge in [0.2, 0.25) is 0 Å². The Bertz CT molecular complexity index is 180. The molecule has 0 aliphatic carbocycles. The summed E-state index contributed by atoms with van der Waals surface area (Å²) in [7, 11) is 6.00. The molecule has 0 bridgehead atoms. The molecule has 1 heteroatoms. The van der Waals surface area contributed by atoms with E-state index in [1.54, 1.807) is 0 Å². The lowest BCUT2D eigenvalue weighted by atomic mass is 10.1. The average Bonchev–Trinajstić information content (AvgIpc) is 2.43. The number of hydrogen-bond donors (Lipinski definition) is 0. The molecule has 0 radical (unpaired) electrons. The van der Waals surface area contributed by atoms with E-state index in [4.69, 9.17) is 0 Å². The van der Waals surface area contributed by atoms with Crippen LogP contribution in [0.15, 0.2) is 24.8 Å². The Hall–Kier alpha value is -0.560. The van der Waals surface area contributed by atoms with Crippen molar-refractivity contribution in [3.63, 3.8) is 0 Å². The van der Waals surface area contributed by atoms with Gasteiger partial charge in [0, 0.05) is 0 Å². The van der Waals surface area contributed by atoms with E-state index in [2.05, 4.69) is 39.5 Å².